The lowest BCUT2D eigenvalue weighted by molar-refractivity contribution is 0.1000. The van der Waals surface area contributed by atoms with Crippen molar-refractivity contribution in [3.05, 3.63) is 54.2 Å². The Morgan fingerprint density at radius 3 is 2.33 bits per heavy atom. The van der Waals surface area contributed by atoms with Gasteiger partial charge in [-0.1, -0.05) is 18.2 Å². The average Bonchev–Trinajstić information content (AvgIpc) is 2.62. The number of carbonyl (C=O) groups excluding carboxylic acids is 1. The highest BCUT2D eigenvalue weighted by Crippen LogP contribution is 2.20. The molecule has 2 heterocycles. The van der Waals surface area contributed by atoms with E-state index in [1.165, 1.54) is 10.5 Å². The second-order valence-corrected chi connectivity index (χ2v) is 7.41. The molecule has 3 rings (SSSR count). The van der Waals surface area contributed by atoms with Gasteiger partial charge in [-0.15, -0.1) is 0 Å². The minimum Gasteiger partial charge on any atom is -0.366 e. The fourth-order valence-corrected chi connectivity index (χ4v) is 4.09. The van der Waals surface area contributed by atoms with E-state index in [1.807, 2.05) is 4.90 Å². The number of nitrogens with two attached hydrogens (primary N) is 1. The van der Waals surface area contributed by atoms with Gasteiger partial charge in [0.1, 0.15) is 5.82 Å². The summed E-state index contributed by atoms with van der Waals surface area (Å²) in [6.07, 6.45) is 1.53. The number of carbonyl (C=O) groups is 1. The van der Waals surface area contributed by atoms with Crippen molar-refractivity contribution >= 4 is 21.7 Å². The average molecular weight is 346 g/mol. The first kappa shape index (κ1) is 16.4. The maximum absolute atomic E-state index is 12.6. The SMILES string of the molecule is NC(=O)c1ccnc(N2CCN(S(=O)(=O)c3ccccc3)CC2)c1. The molecule has 1 aliphatic heterocycles. The molecule has 126 valence electrons. The van der Waals surface area contributed by atoms with Crippen LogP contribution in [0.3, 0.4) is 0 Å². The van der Waals surface area contributed by atoms with Crippen LogP contribution in [0.4, 0.5) is 5.82 Å². The number of sulfonamides is 1. The molecule has 1 aromatic heterocycles. The largest absolute Gasteiger partial charge is 0.366 e. The number of benzene rings is 1. The van der Waals surface area contributed by atoms with E-state index >= 15 is 0 Å². The first-order chi connectivity index (χ1) is 11.5. The first-order valence-electron chi connectivity index (χ1n) is 7.54. The molecule has 1 amide bonds. The molecule has 2 N–H and O–H groups in total. The van der Waals surface area contributed by atoms with Gasteiger partial charge in [-0.3, -0.25) is 4.79 Å². The van der Waals surface area contributed by atoms with Crippen LogP contribution in [0.1, 0.15) is 10.4 Å². The third kappa shape index (κ3) is 3.24. The zero-order chi connectivity index (χ0) is 17.2. The van der Waals surface area contributed by atoms with Crippen LogP contribution in [0, 0.1) is 0 Å². The van der Waals surface area contributed by atoms with Crippen molar-refractivity contribution in [2.24, 2.45) is 5.73 Å². The highest BCUT2D eigenvalue weighted by molar-refractivity contribution is 7.89. The molecule has 7 nitrogen and oxygen atoms in total. The summed E-state index contributed by atoms with van der Waals surface area (Å²) in [6, 6.07) is 11.6. The number of hydrogen-bond acceptors (Lipinski definition) is 5. The molecule has 1 fully saturated rings. The normalized spacial score (nSPS) is 16.1. The van der Waals surface area contributed by atoms with E-state index in [9.17, 15) is 13.2 Å². The topological polar surface area (TPSA) is 96.6 Å². The minimum absolute atomic E-state index is 0.298. The minimum atomic E-state index is -3.48. The van der Waals surface area contributed by atoms with Gasteiger partial charge in [-0.05, 0) is 24.3 Å². The number of nitrogens with zero attached hydrogens (tertiary/aromatic N) is 3. The van der Waals surface area contributed by atoms with Crippen LogP contribution >= 0.6 is 0 Å². The van der Waals surface area contributed by atoms with Gasteiger partial charge in [0, 0.05) is 37.9 Å². The van der Waals surface area contributed by atoms with Crippen molar-refractivity contribution < 1.29 is 13.2 Å². The maximum Gasteiger partial charge on any atom is 0.248 e. The number of aromatic nitrogens is 1. The van der Waals surface area contributed by atoms with E-state index < -0.39 is 15.9 Å². The molecule has 2 aromatic rings. The molecule has 0 atom stereocenters. The Kier molecular flexibility index (Phi) is 4.50. The van der Waals surface area contributed by atoms with E-state index in [-0.39, 0.29) is 0 Å². The molecule has 24 heavy (non-hydrogen) atoms. The van der Waals surface area contributed by atoms with Crippen LogP contribution in [0.15, 0.2) is 53.6 Å². The standard InChI is InChI=1S/C16H18N4O3S/c17-16(21)13-6-7-18-15(12-13)19-8-10-20(11-9-19)24(22,23)14-4-2-1-3-5-14/h1-7,12H,8-11H2,(H2,17,21). The number of rotatable bonds is 4. The summed E-state index contributed by atoms with van der Waals surface area (Å²) >= 11 is 0. The van der Waals surface area contributed by atoms with Gasteiger partial charge >= 0.3 is 0 Å². The van der Waals surface area contributed by atoms with Crippen LogP contribution in [-0.2, 0) is 10.0 Å². The lowest BCUT2D eigenvalue weighted by Crippen LogP contribution is -2.48. The monoisotopic (exact) mass is 346 g/mol. The Labute approximate surface area is 140 Å². The molecule has 0 saturated carbocycles. The number of piperazine rings is 1. The number of anilines is 1. The summed E-state index contributed by atoms with van der Waals surface area (Å²) in [5, 5.41) is 0. The van der Waals surface area contributed by atoms with E-state index in [1.54, 1.807) is 42.5 Å². The van der Waals surface area contributed by atoms with Crippen molar-refractivity contribution in [3.63, 3.8) is 0 Å². The molecule has 1 saturated heterocycles. The molecular weight excluding hydrogens is 328 g/mol. The lowest BCUT2D eigenvalue weighted by atomic mass is 10.2. The molecule has 1 aromatic carbocycles. The number of amides is 1. The van der Waals surface area contributed by atoms with Crippen molar-refractivity contribution in [1.29, 1.82) is 0 Å². The Morgan fingerprint density at radius 1 is 1.04 bits per heavy atom. The van der Waals surface area contributed by atoms with Gasteiger partial charge in [-0.2, -0.15) is 4.31 Å². The van der Waals surface area contributed by atoms with Gasteiger partial charge in [0.15, 0.2) is 0 Å². The Balaban J connectivity index is 1.72. The van der Waals surface area contributed by atoms with Gasteiger partial charge in [-0.25, -0.2) is 13.4 Å². The predicted molar refractivity (Wildman–Crippen MR) is 90.2 cm³/mol. The van der Waals surface area contributed by atoms with E-state index in [0.717, 1.165) is 0 Å². The third-order valence-electron chi connectivity index (χ3n) is 3.97. The van der Waals surface area contributed by atoms with E-state index in [4.69, 9.17) is 5.73 Å². The molecule has 0 unspecified atom stereocenters. The summed E-state index contributed by atoms with van der Waals surface area (Å²) in [5.74, 6) is 0.118. The van der Waals surface area contributed by atoms with E-state index in [0.29, 0.717) is 42.5 Å². The molecule has 0 spiro atoms. The van der Waals surface area contributed by atoms with Gasteiger partial charge < -0.3 is 10.6 Å². The van der Waals surface area contributed by atoms with Crippen LogP contribution in [-0.4, -0.2) is 49.8 Å². The third-order valence-corrected chi connectivity index (χ3v) is 5.89. The van der Waals surface area contributed by atoms with Gasteiger partial charge in [0.25, 0.3) is 0 Å². The van der Waals surface area contributed by atoms with Crippen molar-refractivity contribution in [2.45, 2.75) is 4.90 Å². The van der Waals surface area contributed by atoms with Crippen LogP contribution < -0.4 is 10.6 Å². The molecule has 0 aliphatic carbocycles. The number of primary amides is 1. The summed E-state index contributed by atoms with van der Waals surface area (Å²) < 4.78 is 26.7. The second kappa shape index (κ2) is 6.58. The summed E-state index contributed by atoms with van der Waals surface area (Å²) in [7, 11) is -3.48. The highest BCUT2D eigenvalue weighted by atomic mass is 32.2. The zero-order valence-electron chi connectivity index (χ0n) is 13.0. The van der Waals surface area contributed by atoms with Crippen molar-refractivity contribution in [1.82, 2.24) is 9.29 Å². The Hall–Kier alpha value is -2.45. The summed E-state index contributed by atoms with van der Waals surface area (Å²) in [4.78, 5) is 17.8. The fourth-order valence-electron chi connectivity index (χ4n) is 2.64. The lowest BCUT2D eigenvalue weighted by Gasteiger charge is -2.34. The quantitative estimate of drug-likeness (QED) is 0.879. The number of pyridine rings is 1. The van der Waals surface area contributed by atoms with Gasteiger partial charge in [0.05, 0.1) is 4.90 Å². The van der Waals surface area contributed by atoms with Crippen molar-refractivity contribution in [3.8, 4) is 0 Å². The molecule has 1 aliphatic rings. The maximum atomic E-state index is 12.6. The second-order valence-electron chi connectivity index (χ2n) is 5.47. The Bertz CT molecular complexity index is 831. The zero-order valence-corrected chi connectivity index (χ0v) is 13.8. The molecule has 0 radical (unpaired) electrons. The van der Waals surface area contributed by atoms with Gasteiger partial charge in [0.2, 0.25) is 15.9 Å². The first-order valence-corrected chi connectivity index (χ1v) is 8.98. The summed E-state index contributed by atoms with van der Waals surface area (Å²) in [6.45, 7) is 1.72. The van der Waals surface area contributed by atoms with E-state index in [2.05, 4.69) is 4.98 Å². The van der Waals surface area contributed by atoms with Crippen LogP contribution in [0.25, 0.3) is 0 Å². The van der Waals surface area contributed by atoms with Crippen molar-refractivity contribution in [2.75, 3.05) is 31.1 Å². The highest BCUT2D eigenvalue weighted by Gasteiger charge is 2.28. The Morgan fingerprint density at radius 2 is 1.71 bits per heavy atom. The number of hydrogen-bond donors (Lipinski definition) is 1. The summed E-state index contributed by atoms with van der Waals surface area (Å²) in [5.41, 5.74) is 5.67. The predicted octanol–water partition coefficient (Wildman–Crippen LogP) is 0.691. The smallest absolute Gasteiger partial charge is 0.248 e. The molecular formula is C16H18N4O3S. The fraction of sp³-hybridized carbons (Fsp3) is 0.250. The van der Waals surface area contributed by atoms with Crippen LogP contribution in [0.5, 0.6) is 0 Å². The molecule has 8 heteroatoms. The van der Waals surface area contributed by atoms with Crippen LogP contribution in [0.2, 0.25) is 0 Å². The molecule has 0 bridgehead atoms.